The first-order valence-electron chi connectivity index (χ1n) is 8.96. The Bertz CT molecular complexity index is 714. The van der Waals surface area contributed by atoms with Crippen LogP contribution in [-0.4, -0.2) is 67.4 Å². The number of rotatable bonds is 7. The number of aryl methyl sites for hydroxylation is 1. The molecule has 0 radical (unpaired) electrons. The zero-order valence-corrected chi connectivity index (χ0v) is 15.9. The number of carbonyl (C=O) groups is 1. The summed E-state index contributed by atoms with van der Waals surface area (Å²) in [6.07, 6.45) is 6.26. The van der Waals surface area contributed by atoms with E-state index in [0.29, 0.717) is 25.3 Å². The number of hydrogen-bond acceptors (Lipinski definition) is 6. The fourth-order valence-corrected chi connectivity index (χ4v) is 3.64. The first-order chi connectivity index (χ1) is 12.7. The van der Waals surface area contributed by atoms with Crippen LogP contribution in [-0.2, 0) is 13.0 Å². The molecule has 7 nitrogen and oxygen atoms in total. The van der Waals surface area contributed by atoms with Crippen LogP contribution in [0.5, 0.6) is 0 Å². The topological polar surface area (TPSA) is 84.1 Å². The first kappa shape index (κ1) is 18.8. The fraction of sp³-hybridized carbons (Fsp3) is 0.556. The first-order valence-corrected chi connectivity index (χ1v) is 10.4. The molecule has 0 bridgehead atoms. The third-order valence-electron chi connectivity index (χ3n) is 4.62. The van der Waals surface area contributed by atoms with Gasteiger partial charge in [0.2, 0.25) is 0 Å². The lowest BCUT2D eigenvalue weighted by atomic mass is 9.95. The Labute approximate surface area is 157 Å². The highest BCUT2D eigenvalue weighted by molar-refractivity contribution is 7.98. The van der Waals surface area contributed by atoms with Gasteiger partial charge in [-0.05, 0) is 31.2 Å². The Hall–Kier alpha value is -1.93. The number of aromatic nitrogens is 4. The van der Waals surface area contributed by atoms with E-state index in [0.717, 1.165) is 36.7 Å². The van der Waals surface area contributed by atoms with Gasteiger partial charge in [0, 0.05) is 37.4 Å². The van der Waals surface area contributed by atoms with Gasteiger partial charge < -0.3 is 10.0 Å². The second-order valence-electron chi connectivity index (χ2n) is 6.36. The van der Waals surface area contributed by atoms with Crippen molar-refractivity contribution in [3.63, 3.8) is 0 Å². The molecule has 1 aliphatic rings. The predicted molar refractivity (Wildman–Crippen MR) is 101 cm³/mol. The summed E-state index contributed by atoms with van der Waals surface area (Å²) in [5.41, 5.74) is 0.494. The number of aliphatic hydroxyl groups is 1. The molecule has 0 unspecified atom stereocenters. The highest BCUT2D eigenvalue weighted by atomic mass is 32.2. The number of nitrogens with zero attached hydrogens (tertiary/aromatic N) is 5. The van der Waals surface area contributed by atoms with Gasteiger partial charge in [-0.3, -0.25) is 9.78 Å². The quantitative estimate of drug-likeness (QED) is 0.791. The smallest absolute Gasteiger partial charge is 0.272 e. The lowest BCUT2D eigenvalue weighted by Gasteiger charge is -2.31. The highest BCUT2D eigenvalue weighted by Crippen LogP contribution is 2.27. The van der Waals surface area contributed by atoms with Crippen LogP contribution in [0.3, 0.4) is 0 Å². The number of amides is 1. The van der Waals surface area contributed by atoms with Gasteiger partial charge in [0.05, 0.1) is 13.2 Å². The molecular formula is C18H25N5O2S. The minimum absolute atomic E-state index is 0.0125. The molecule has 3 heterocycles. The zero-order valence-electron chi connectivity index (χ0n) is 15.0. The highest BCUT2D eigenvalue weighted by Gasteiger charge is 2.28. The van der Waals surface area contributed by atoms with Crippen LogP contribution >= 0.6 is 11.8 Å². The van der Waals surface area contributed by atoms with E-state index in [1.165, 1.54) is 0 Å². The van der Waals surface area contributed by atoms with E-state index >= 15 is 0 Å². The molecule has 0 aliphatic carbocycles. The van der Waals surface area contributed by atoms with E-state index < -0.39 is 0 Å². The fourth-order valence-electron chi connectivity index (χ4n) is 3.26. The van der Waals surface area contributed by atoms with Gasteiger partial charge in [-0.1, -0.05) is 6.07 Å². The Morgan fingerprint density at radius 2 is 2.15 bits per heavy atom. The summed E-state index contributed by atoms with van der Waals surface area (Å²) in [5, 5.41) is 13.9. The second kappa shape index (κ2) is 9.14. The van der Waals surface area contributed by atoms with E-state index in [4.69, 9.17) is 4.98 Å². The largest absolute Gasteiger partial charge is 0.394 e. The summed E-state index contributed by atoms with van der Waals surface area (Å²) in [6, 6.07) is 5.40. The van der Waals surface area contributed by atoms with Gasteiger partial charge in [-0.2, -0.15) is 16.9 Å². The van der Waals surface area contributed by atoms with Crippen LogP contribution in [0.2, 0.25) is 0 Å². The lowest BCUT2D eigenvalue weighted by Crippen LogP contribution is -2.38. The zero-order chi connectivity index (χ0) is 18.4. The van der Waals surface area contributed by atoms with Gasteiger partial charge >= 0.3 is 0 Å². The van der Waals surface area contributed by atoms with Crippen molar-refractivity contribution in [2.24, 2.45) is 0 Å². The minimum atomic E-state index is -0.0125. The van der Waals surface area contributed by atoms with Crippen molar-refractivity contribution in [1.29, 1.82) is 0 Å². The number of carbonyl (C=O) groups excluding carboxylic acids is 1. The molecule has 1 N–H and O–H groups in total. The Kier molecular flexibility index (Phi) is 6.62. The van der Waals surface area contributed by atoms with Crippen LogP contribution in [0.1, 0.15) is 40.9 Å². The van der Waals surface area contributed by atoms with Crippen LogP contribution < -0.4 is 0 Å². The Morgan fingerprint density at radius 3 is 2.81 bits per heavy atom. The van der Waals surface area contributed by atoms with Crippen LogP contribution in [0.4, 0.5) is 0 Å². The average molecular weight is 375 g/mol. The predicted octanol–water partition coefficient (Wildman–Crippen LogP) is 1.59. The second-order valence-corrected chi connectivity index (χ2v) is 7.34. The number of thioether (sulfide) groups is 1. The van der Waals surface area contributed by atoms with Gasteiger partial charge in [0.1, 0.15) is 11.5 Å². The molecule has 0 saturated carbocycles. The molecule has 0 aromatic carbocycles. The molecule has 8 heteroatoms. The maximum absolute atomic E-state index is 12.5. The summed E-state index contributed by atoms with van der Waals surface area (Å²) in [4.78, 5) is 23.3. The van der Waals surface area contributed by atoms with Crippen molar-refractivity contribution >= 4 is 17.7 Å². The summed E-state index contributed by atoms with van der Waals surface area (Å²) in [5.74, 6) is 3.03. The van der Waals surface area contributed by atoms with E-state index in [1.54, 1.807) is 24.0 Å². The SMILES string of the molecule is CSCCc1nc(C2CCN(C(=O)c3ccccn3)CC2)n(CCO)n1. The van der Waals surface area contributed by atoms with Crippen LogP contribution in [0.15, 0.2) is 24.4 Å². The molecule has 1 fully saturated rings. The van der Waals surface area contributed by atoms with E-state index in [-0.39, 0.29) is 18.4 Å². The molecule has 3 rings (SSSR count). The van der Waals surface area contributed by atoms with E-state index in [9.17, 15) is 9.90 Å². The van der Waals surface area contributed by atoms with Gasteiger partial charge in [-0.15, -0.1) is 0 Å². The summed E-state index contributed by atoms with van der Waals surface area (Å²) < 4.78 is 1.84. The molecule has 0 spiro atoms. The number of aliphatic hydroxyl groups excluding tert-OH is 1. The van der Waals surface area contributed by atoms with Crippen molar-refractivity contribution in [2.45, 2.75) is 31.7 Å². The summed E-state index contributed by atoms with van der Waals surface area (Å²) in [6.45, 7) is 1.89. The molecule has 0 atom stereocenters. The molecule has 2 aromatic heterocycles. The van der Waals surface area contributed by atoms with Crippen molar-refractivity contribution in [2.75, 3.05) is 31.7 Å². The third kappa shape index (κ3) is 4.42. The van der Waals surface area contributed by atoms with Crippen LogP contribution in [0, 0.1) is 0 Å². The maximum Gasteiger partial charge on any atom is 0.272 e. The van der Waals surface area contributed by atoms with Crippen molar-refractivity contribution in [3.8, 4) is 0 Å². The number of likely N-dealkylation sites (tertiary alicyclic amines) is 1. The minimum Gasteiger partial charge on any atom is -0.394 e. The summed E-state index contributed by atoms with van der Waals surface area (Å²) >= 11 is 1.77. The molecule has 1 aliphatic heterocycles. The number of hydrogen-bond donors (Lipinski definition) is 1. The van der Waals surface area contributed by atoms with Gasteiger partial charge in [-0.25, -0.2) is 9.67 Å². The molecule has 1 amide bonds. The Morgan fingerprint density at radius 1 is 1.35 bits per heavy atom. The lowest BCUT2D eigenvalue weighted by molar-refractivity contribution is 0.0704. The average Bonchev–Trinajstić information content (AvgIpc) is 3.09. The monoisotopic (exact) mass is 375 g/mol. The van der Waals surface area contributed by atoms with Gasteiger partial charge in [0.15, 0.2) is 5.82 Å². The molecule has 2 aromatic rings. The Balaban J connectivity index is 1.65. The van der Waals surface area contributed by atoms with Crippen molar-refractivity contribution in [1.82, 2.24) is 24.6 Å². The summed E-state index contributed by atoms with van der Waals surface area (Å²) in [7, 11) is 0. The van der Waals surface area contributed by atoms with E-state index in [1.807, 2.05) is 21.7 Å². The number of pyridine rings is 1. The standard InChI is InChI=1S/C18H25N5O2S/c1-26-13-7-16-20-17(23(21-16)11-12-24)14-5-9-22(10-6-14)18(25)15-4-2-3-8-19-15/h2-4,8,14,24H,5-7,9-13H2,1H3. The van der Waals surface area contributed by atoms with Crippen molar-refractivity contribution < 1.29 is 9.90 Å². The molecule has 1 saturated heterocycles. The van der Waals surface area contributed by atoms with Gasteiger partial charge in [0.25, 0.3) is 5.91 Å². The normalized spacial score (nSPS) is 15.4. The van der Waals surface area contributed by atoms with E-state index in [2.05, 4.69) is 16.3 Å². The molecule has 140 valence electrons. The molecular weight excluding hydrogens is 350 g/mol. The maximum atomic E-state index is 12.5. The number of piperidine rings is 1. The van der Waals surface area contributed by atoms with Crippen molar-refractivity contribution in [3.05, 3.63) is 41.7 Å². The third-order valence-corrected chi connectivity index (χ3v) is 5.23. The molecule has 26 heavy (non-hydrogen) atoms. The van der Waals surface area contributed by atoms with Crippen LogP contribution in [0.25, 0.3) is 0 Å².